The third-order valence-corrected chi connectivity index (χ3v) is 3.39. The first-order valence-corrected chi connectivity index (χ1v) is 8.71. The van der Waals surface area contributed by atoms with Gasteiger partial charge in [-0.2, -0.15) is 0 Å². The molecule has 0 radical (unpaired) electrons. The monoisotopic (exact) mass is 344 g/mol. The Morgan fingerprint density at radius 1 is 0.750 bits per heavy atom. The fourth-order valence-electron chi connectivity index (χ4n) is 1.93. The fraction of sp³-hybridized carbons (Fsp3) is 0.889. The summed E-state index contributed by atoms with van der Waals surface area (Å²) >= 11 is 0. The molecule has 0 N–H and O–H groups in total. The SMILES string of the molecule is C#CCOCCOCCOCCOCCN(CCN(C)C)C(C)C. The van der Waals surface area contributed by atoms with Gasteiger partial charge in [-0.3, -0.25) is 4.90 Å². The highest BCUT2D eigenvalue weighted by Gasteiger charge is 2.09. The third-order valence-electron chi connectivity index (χ3n) is 3.39. The van der Waals surface area contributed by atoms with Crippen LogP contribution < -0.4 is 0 Å². The molecule has 0 spiro atoms. The van der Waals surface area contributed by atoms with Gasteiger partial charge in [-0.25, -0.2) is 0 Å². The predicted octanol–water partition coefficient (Wildman–Crippen LogP) is 0.958. The number of ether oxygens (including phenoxy) is 4. The van der Waals surface area contributed by atoms with E-state index in [1.807, 2.05) is 0 Å². The Morgan fingerprint density at radius 2 is 1.25 bits per heavy atom. The number of terminal acetylenes is 1. The van der Waals surface area contributed by atoms with Crippen LogP contribution in [-0.4, -0.2) is 102 Å². The van der Waals surface area contributed by atoms with Crippen molar-refractivity contribution in [2.45, 2.75) is 19.9 Å². The topological polar surface area (TPSA) is 43.4 Å². The smallest absolute Gasteiger partial charge is 0.107 e. The second kappa shape index (κ2) is 17.2. The lowest BCUT2D eigenvalue weighted by atomic mass is 10.3. The fourth-order valence-corrected chi connectivity index (χ4v) is 1.93. The Hall–Kier alpha value is -0.680. The normalized spacial score (nSPS) is 11.6. The zero-order chi connectivity index (χ0) is 18.0. The zero-order valence-corrected chi connectivity index (χ0v) is 16.0. The van der Waals surface area contributed by atoms with E-state index in [0.717, 1.165) is 26.2 Å². The molecule has 0 aliphatic heterocycles. The van der Waals surface area contributed by atoms with Crippen molar-refractivity contribution < 1.29 is 18.9 Å². The van der Waals surface area contributed by atoms with Gasteiger partial charge in [-0.15, -0.1) is 6.42 Å². The summed E-state index contributed by atoms with van der Waals surface area (Å²) in [5.74, 6) is 2.41. The van der Waals surface area contributed by atoms with Crippen LogP contribution >= 0.6 is 0 Å². The van der Waals surface area contributed by atoms with Crippen molar-refractivity contribution in [1.82, 2.24) is 9.80 Å². The third kappa shape index (κ3) is 16.2. The molecule has 0 aliphatic rings. The van der Waals surface area contributed by atoms with Crippen LogP contribution in [0, 0.1) is 12.3 Å². The molecule has 6 heteroatoms. The minimum absolute atomic E-state index is 0.334. The first-order chi connectivity index (χ1) is 11.6. The van der Waals surface area contributed by atoms with Crippen molar-refractivity contribution in [3.63, 3.8) is 0 Å². The summed E-state index contributed by atoms with van der Waals surface area (Å²) in [6.07, 6.45) is 5.06. The van der Waals surface area contributed by atoms with E-state index < -0.39 is 0 Å². The summed E-state index contributed by atoms with van der Waals surface area (Å²) in [4.78, 5) is 4.63. The Labute approximate surface area is 148 Å². The molecule has 0 atom stereocenters. The molecule has 0 aliphatic carbocycles. The van der Waals surface area contributed by atoms with E-state index in [0.29, 0.717) is 52.3 Å². The second-order valence-electron chi connectivity index (χ2n) is 6.03. The van der Waals surface area contributed by atoms with Crippen LogP contribution in [0.15, 0.2) is 0 Å². The Kier molecular flexibility index (Phi) is 16.7. The summed E-state index contributed by atoms with van der Waals surface area (Å²) in [5, 5.41) is 0. The molecule has 0 rings (SSSR count). The number of hydrogen-bond donors (Lipinski definition) is 0. The molecular formula is C18H36N2O4. The molecule has 0 saturated carbocycles. The van der Waals surface area contributed by atoms with Crippen molar-refractivity contribution in [1.29, 1.82) is 0 Å². The minimum Gasteiger partial charge on any atom is -0.378 e. The van der Waals surface area contributed by atoms with Gasteiger partial charge in [0.1, 0.15) is 6.61 Å². The van der Waals surface area contributed by atoms with Crippen molar-refractivity contribution >= 4 is 0 Å². The van der Waals surface area contributed by atoms with Crippen LogP contribution in [0.4, 0.5) is 0 Å². The Balaban J connectivity index is 3.35. The van der Waals surface area contributed by atoms with Crippen LogP contribution in [0.5, 0.6) is 0 Å². The van der Waals surface area contributed by atoms with Crippen LogP contribution in [-0.2, 0) is 18.9 Å². The summed E-state index contributed by atoms with van der Waals surface area (Å²) in [7, 11) is 4.20. The number of hydrogen-bond acceptors (Lipinski definition) is 6. The van der Waals surface area contributed by atoms with Crippen molar-refractivity contribution in [3.8, 4) is 12.3 Å². The lowest BCUT2D eigenvalue weighted by molar-refractivity contribution is -0.00211. The molecule has 0 bridgehead atoms. The molecule has 0 aromatic rings. The van der Waals surface area contributed by atoms with E-state index in [1.165, 1.54) is 0 Å². The van der Waals surface area contributed by atoms with Gasteiger partial charge in [0.2, 0.25) is 0 Å². The summed E-state index contributed by atoms with van der Waals surface area (Å²) < 4.78 is 21.5. The maximum atomic E-state index is 5.63. The molecule has 142 valence electrons. The quantitative estimate of drug-likeness (QED) is 0.289. The highest BCUT2D eigenvalue weighted by molar-refractivity contribution is 4.82. The first kappa shape index (κ1) is 23.3. The lowest BCUT2D eigenvalue weighted by Gasteiger charge is -2.27. The van der Waals surface area contributed by atoms with Crippen LogP contribution in [0.2, 0.25) is 0 Å². The predicted molar refractivity (Wildman–Crippen MR) is 97.4 cm³/mol. The minimum atomic E-state index is 0.334. The molecule has 0 fully saturated rings. The first-order valence-electron chi connectivity index (χ1n) is 8.71. The molecule has 0 saturated heterocycles. The largest absolute Gasteiger partial charge is 0.378 e. The maximum absolute atomic E-state index is 5.63. The van der Waals surface area contributed by atoms with Crippen molar-refractivity contribution in [3.05, 3.63) is 0 Å². The van der Waals surface area contributed by atoms with Crippen molar-refractivity contribution in [2.75, 3.05) is 86.6 Å². The van der Waals surface area contributed by atoms with E-state index in [9.17, 15) is 0 Å². The van der Waals surface area contributed by atoms with Gasteiger partial charge in [-0.05, 0) is 27.9 Å². The molecule has 0 aromatic heterocycles. The molecule has 0 aromatic carbocycles. The van der Waals surface area contributed by atoms with E-state index in [4.69, 9.17) is 25.4 Å². The van der Waals surface area contributed by atoms with Gasteiger partial charge >= 0.3 is 0 Å². The summed E-state index contributed by atoms with van der Waals surface area (Å²) in [5.41, 5.74) is 0. The summed E-state index contributed by atoms with van der Waals surface area (Å²) in [6.45, 7) is 12.0. The standard InChI is InChI=1S/C18H36N2O4/c1-6-10-21-12-14-23-16-17-24-15-13-22-11-9-20(18(2)3)8-7-19(4)5/h1,18H,7-17H2,2-5H3. The van der Waals surface area contributed by atoms with E-state index in [1.54, 1.807) is 0 Å². The van der Waals surface area contributed by atoms with Gasteiger partial charge in [0.25, 0.3) is 0 Å². The highest BCUT2D eigenvalue weighted by atomic mass is 16.6. The lowest BCUT2D eigenvalue weighted by Crippen LogP contribution is -2.38. The van der Waals surface area contributed by atoms with E-state index in [2.05, 4.69) is 43.7 Å². The molecule has 24 heavy (non-hydrogen) atoms. The number of likely N-dealkylation sites (N-methyl/N-ethyl adjacent to an activating group) is 1. The zero-order valence-electron chi connectivity index (χ0n) is 16.0. The van der Waals surface area contributed by atoms with E-state index in [-0.39, 0.29) is 0 Å². The Morgan fingerprint density at radius 3 is 1.71 bits per heavy atom. The molecule has 0 unspecified atom stereocenters. The molecule has 6 nitrogen and oxygen atoms in total. The van der Waals surface area contributed by atoms with Crippen molar-refractivity contribution in [2.24, 2.45) is 0 Å². The van der Waals surface area contributed by atoms with Gasteiger partial charge in [-0.1, -0.05) is 5.92 Å². The van der Waals surface area contributed by atoms with Gasteiger partial charge in [0, 0.05) is 25.7 Å². The Bertz CT molecular complexity index is 306. The van der Waals surface area contributed by atoms with Gasteiger partial charge in [0.15, 0.2) is 0 Å². The molecular weight excluding hydrogens is 308 g/mol. The number of nitrogens with zero attached hydrogens (tertiary/aromatic N) is 2. The maximum Gasteiger partial charge on any atom is 0.107 e. The van der Waals surface area contributed by atoms with Gasteiger partial charge < -0.3 is 23.8 Å². The average molecular weight is 344 g/mol. The highest BCUT2D eigenvalue weighted by Crippen LogP contribution is 1.98. The van der Waals surface area contributed by atoms with Crippen LogP contribution in [0.1, 0.15) is 13.8 Å². The summed E-state index contributed by atoms with van der Waals surface area (Å²) in [6, 6.07) is 0.534. The average Bonchev–Trinajstić information content (AvgIpc) is 2.54. The van der Waals surface area contributed by atoms with Crippen LogP contribution in [0.25, 0.3) is 0 Å². The van der Waals surface area contributed by atoms with Gasteiger partial charge in [0.05, 0.1) is 46.2 Å². The second-order valence-corrected chi connectivity index (χ2v) is 6.03. The molecule has 0 amide bonds. The van der Waals surface area contributed by atoms with Crippen LogP contribution in [0.3, 0.4) is 0 Å². The van der Waals surface area contributed by atoms with E-state index >= 15 is 0 Å². The molecule has 0 heterocycles. The number of rotatable bonds is 17.